The van der Waals surface area contributed by atoms with Gasteiger partial charge in [0.25, 0.3) is 0 Å². The molecule has 2 nitrogen and oxygen atoms in total. The Bertz CT molecular complexity index is 539. The molecule has 0 bridgehead atoms. The number of para-hydroxylation sites is 1. The third-order valence-electron chi connectivity index (χ3n) is 3.37. The average molecular weight is 290 g/mol. The first-order valence-corrected chi connectivity index (χ1v) is 7.33. The predicted molar refractivity (Wildman–Crippen MR) is 85.1 cm³/mol. The van der Waals surface area contributed by atoms with Gasteiger partial charge in [-0.15, -0.1) is 0 Å². The summed E-state index contributed by atoms with van der Waals surface area (Å²) in [5.74, 6) is 0. The Labute approximate surface area is 125 Å². The van der Waals surface area contributed by atoms with E-state index in [0.717, 1.165) is 29.1 Å². The first-order valence-electron chi connectivity index (χ1n) is 6.95. The van der Waals surface area contributed by atoms with Crippen molar-refractivity contribution in [1.29, 1.82) is 0 Å². The van der Waals surface area contributed by atoms with E-state index in [1.54, 1.807) is 0 Å². The molecule has 20 heavy (non-hydrogen) atoms. The highest BCUT2D eigenvalue weighted by Gasteiger charge is 2.12. The number of aliphatic hydroxyl groups excluding tert-OH is 1. The van der Waals surface area contributed by atoms with E-state index in [0.29, 0.717) is 0 Å². The van der Waals surface area contributed by atoms with Crippen LogP contribution in [-0.2, 0) is 6.61 Å². The summed E-state index contributed by atoms with van der Waals surface area (Å²) < 4.78 is 0. The summed E-state index contributed by atoms with van der Waals surface area (Å²) >= 11 is 5.95. The van der Waals surface area contributed by atoms with Crippen LogP contribution in [0.1, 0.15) is 36.9 Å². The number of aliphatic hydroxyl groups is 1. The van der Waals surface area contributed by atoms with Crippen molar-refractivity contribution in [3.05, 3.63) is 64.7 Å². The Hall–Kier alpha value is -1.51. The molecule has 0 aliphatic heterocycles. The predicted octanol–water partition coefficient (Wildman–Crippen LogP) is 4.79. The molecule has 1 unspecified atom stereocenters. The first-order chi connectivity index (χ1) is 9.74. The minimum absolute atomic E-state index is 0.0443. The Morgan fingerprint density at radius 1 is 1.10 bits per heavy atom. The Morgan fingerprint density at radius 2 is 1.80 bits per heavy atom. The van der Waals surface area contributed by atoms with Gasteiger partial charge < -0.3 is 10.4 Å². The zero-order valence-electron chi connectivity index (χ0n) is 11.6. The molecule has 2 aromatic carbocycles. The van der Waals surface area contributed by atoms with E-state index in [-0.39, 0.29) is 12.6 Å². The number of hydrogen-bond donors (Lipinski definition) is 2. The van der Waals surface area contributed by atoms with Crippen molar-refractivity contribution >= 4 is 17.3 Å². The van der Waals surface area contributed by atoms with Gasteiger partial charge >= 0.3 is 0 Å². The van der Waals surface area contributed by atoms with Gasteiger partial charge in [-0.2, -0.15) is 0 Å². The van der Waals surface area contributed by atoms with Crippen LogP contribution >= 0.6 is 11.6 Å². The molecule has 0 aliphatic rings. The van der Waals surface area contributed by atoms with E-state index in [4.69, 9.17) is 11.6 Å². The van der Waals surface area contributed by atoms with Gasteiger partial charge in [0.15, 0.2) is 0 Å². The summed E-state index contributed by atoms with van der Waals surface area (Å²) in [5, 5.41) is 13.7. The molecule has 0 saturated carbocycles. The molecule has 2 N–H and O–H groups in total. The van der Waals surface area contributed by atoms with Crippen molar-refractivity contribution in [1.82, 2.24) is 0 Å². The third kappa shape index (κ3) is 3.75. The maximum atomic E-state index is 9.41. The SMILES string of the molecule is CCCC(Nc1ccccc1CO)c1ccc(Cl)cc1. The molecule has 3 heteroatoms. The van der Waals surface area contributed by atoms with E-state index >= 15 is 0 Å². The van der Waals surface area contributed by atoms with Gasteiger partial charge in [0.05, 0.1) is 12.6 Å². The van der Waals surface area contributed by atoms with E-state index in [1.807, 2.05) is 36.4 Å². The summed E-state index contributed by atoms with van der Waals surface area (Å²) in [4.78, 5) is 0. The Kier molecular flexibility index (Phi) is 5.45. The van der Waals surface area contributed by atoms with Gasteiger partial charge in [-0.25, -0.2) is 0 Å². The van der Waals surface area contributed by atoms with Crippen molar-refractivity contribution in [3.8, 4) is 0 Å². The zero-order valence-corrected chi connectivity index (χ0v) is 12.4. The Morgan fingerprint density at radius 3 is 2.45 bits per heavy atom. The second kappa shape index (κ2) is 7.32. The maximum Gasteiger partial charge on any atom is 0.0701 e. The van der Waals surface area contributed by atoms with Crippen LogP contribution in [0.25, 0.3) is 0 Å². The molecule has 0 saturated heterocycles. The quantitative estimate of drug-likeness (QED) is 0.802. The van der Waals surface area contributed by atoms with Gasteiger partial charge in [0.1, 0.15) is 0 Å². The first kappa shape index (κ1) is 14.9. The number of benzene rings is 2. The normalized spacial score (nSPS) is 12.2. The lowest BCUT2D eigenvalue weighted by Gasteiger charge is -2.21. The lowest BCUT2D eigenvalue weighted by Crippen LogP contribution is -2.12. The highest BCUT2D eigenvalue weighted by Crippen LogP contribution is 2.27. The summed E-state index contributed by atoms with van der Waals surface area (Å²) in [7, 11) is 0. The zero-order chi connectivity index (χ0) is 14.4. The molecule has 0 amide bonds. The number of nitrogens with one attached hydrogen (secondary N) is 1. The molecular weight excluding hydrogens is 270 g/mol. The molecule has 1 atom stereocenters. The number of halogens is 1. The fourth-order valence-electron chi connectivity index (χ4n) is 2.29. The van der Waals surface area contributed by atoms with Crippen molar-refractivity contribution < 1.29 is 5.11 Å². The van der Waals surface area contributed by atoms with Crippen LogP contribution in [0, 0.1) is 0 Å². The number of anilines is 1. The van der Waals surface area contributed by atoms with Gasteiger partial charge in [-0.3, -0.25) is 0 Å². The molecule has 0 heterocycles. The van der Waals surface area contributed by atoms with Crippen LogP contribution < -0.4 is 5.32 Å². The standard InChI is InChI=1S/C17H20ClNO/c1-2-5-16(13-8-10-15(18)11-9-13)19-17-7-4-3-6-14(17)12-20/h3-4,6-11,16,19-20H,2,5,12H2,1H3. The van der Waals surface area contributed by atoms with Gasteiger partial charge in [0.2, 0.25) is 0 Å². The largest absolute Gasteiger partial charge is 0.392 e. The molecule has 0 radical (unpaired) electrons. The molecule has 2 aromatic rings. The molecular formula is C17H20ClNO. The second-order valence-electron chi connectivity index (χ2n) is 4.85. The Balaban J connectivity index is 2.23. The van der Waals surface area contributed by atoms with Crippen LogP contribution in [0.3, 0.4) is 0 Å². The highest BCUT2D eigenvalue weighted by atomic mass is 35.5. The van der Waals surface area contributed by atoms with Gasteiger partial charge in [-0.1, -0.05) is 55.3 Å². The summed E-state index contributed by atoms with van der Waals surface area (Å²) in [6, 6.07) is 16.0. The summed E-state index contributed by atoms with van der Waals surface area (Å²) in [6.07, 6.45) is 2.11. The lowest BCUT2D eigenvalue weighted by molar-refractivity contribution is 0.282. The molecule has 106 valence electrons. The molecule has 2 rings (SSSR count). The second-order valence-corrected chi connectivity index (χ2v) is 5.29. The molecule has 0 spiro atoms. The van der Waals surface area contributed by atoms with E-state index in [1.165, 1.54) is 5.56 Å². The van der Waals surface area contributed by atoms with Crippen molar-refractivity contribution in [3.63, 3.8) is 0 Å². The highest BCUT2D eigenvalue weighted by molar-refractivity contribution is 6.30. The van der Waals surface area contributed by atoms with Crippen LogP contribution in [0.15, 0.2) is 48.5 Å². The number of rotatable bonds is 6. The van der Waals surface area contributed by atoms with Crippen molar-refractivity contribution in [2.45, 2.75) is 32.4 Å². The van der Waals surface area contributed by atoms with Crippen LogP contribution in [0.4, 0.5) is 5.69 Å². The average Bonchev–Trinajstić information content (AvgIpc) is 2.48. The minimum atomic E-state index is 0.0443. The van der Waals surface area contributed by atoms with E-state index in [9.17, 15) is 5.11 Å². The topological polar surface area (TPSA) is 32.3 Å². The maximum absolute atomic E-state index is 9.41. The van der Waals surface area contributed by atoms with Crippen LogP contribution in [0.2, 0.25) is 5.02 Å². The van der Waals surface area contributed by atoms with Crippen LogP contribution in [-0.4, -0.2) is 5.11 Å². The minimum Gasteiger partial charge on any atom is -0.392 e. The molecule has 0 aliphatic carbocycles. The van der Waals surface area contributed by atoms with Gasteiger partial charge in [0, 0.05) is 16.3 Å². The lowest BCUT2D eigenvalue weighted by atomic mass is 10.0. The summed E-state index contributed by atoms with van der Waals surface area (Å²) in [5.41, 5.74) is 3.12. The fraction of sp³-hybridized carbons (Fsp3) is 0.294. The molecule has 0 fully saturated rings. The van der Waals surface area contributed by atoms with Gasteiger partial charge in [-0.05, 0) is 30.2 Å². The van der Waals surface area contributed by atoms with Crippen LogP contribution in [0.5, 0.6) is 0 Å². The summed E-state index contributed by atoms with van der Waals surface area (Å²) in [6.45, 7) is 2.21. The fourth-order valence-corrected chi connectivity index (χ4v) is 2.42. The number of hydrogen-bond acceptors (Lipinski definition) is 2. The van der Waals surface area contributed by atoms with Crippen molar-refractivity contribution in [2.24, 2.45) is 0 Å². The van der Waals surface area contributed by atoms with E-state index in [2.05, 4.69) is 24.4 Å². The smallest absolute Gasteiger partial charge is 0.0701 e. The molecule has 0 aromatic heterocycles. The van der Waals surface area contributed by atoms with Crippen molar-refractivity contribution in [2.75, 3.05) is 5.32 Å². The van der Waals surface area contributed by atoms with E-state index < -0.39 is 0 Å². The third-order valence-corrected chi connectivity index (χ3v) is 3.62. The monoisotopic (exact) mass is 289 g/mol.